The minimum absolute atomic E-state index is 0.0734. The number of hydrogen-bond acceptors (Lipinski definition) is 6. The number of nitrogens with zero attached hydrogens (tertiary/aromatic N) is 3. The predicted molar refractivity (Wildman–Crippen MR) is 91.2 cm³/mol. The van der Waals surface area contributed by atoms with Gasteiger partial charge in [0.05, 0.1) is 12.4 Å². The SMILES string of the molecule is C[C@]1(c2cc(CC(=O)c3cnc(C(F)F)cn3)ccc2F)N=C(N)OC[C@@H]1F. The van der Waals surface area contributed by atoms with Crippen molar-refractivity contribution in [2.45, 2.75) is 31.5 Å². The Labute approximate surface area is 157 Å². The van der Waals surface area contributed by atoms with Crippen molar-refractivity contribution in [2.75, 3.05) is 6.61 Å². The molecule has 0 saturated heterocycles. The van der Waals surface area contributed by atoms with Gasteiger partial charge in [0.1, 0.15) is 29.4 Å². The Hall–Kier alpha value is -3.04. The monoisotopic (exact) mass is 396 g/mol. The molecule has 1 aromatic carbocycles. The summed E-state index contributed by atoms with van der Waals surface area (Å²) in [4.78, 5) is 23.4. The molecule has 1 aliphatic rings. The van der Waals surface area contributed by atoms with Gasteiger partial charge in [-0.15, -0.1) is 0 Å². The second-order valence-corrected chi connectivity index (χ2v) is 6.42. The average molecular weight is 396 g/mol. The summed E-state index contributed by atoms with van der Waals surface area (Å²) in [5.41, 5.74) is 3.54. The van der Waals surface area contributed by atoms with E-state index < -0.39 is 35.4 Å². The van der Waals surface area contributed by atoms with Crippen LogP contribution in [0.4, 0.5) is 17.6 Å². The van der Waals surface area contributed by atoms with E-state index in [2.05, 4.69) is 15.0 Å². The van der Waals surface area contributed by atoms with Gasteiger partial charge in [-0.3, -0.25) is 9.78 Å². The maximum atomic E-state index is 14.4. The highest BCUT2D eigenvalue weighted by molar-refractivity contribution is 5.95. The minimum Gasteiger partial charge on any atom is -0.462 e. The lowest BCUT2D eigenvalue weighted by atomic mass is 9.85. The molecule has 0 aliphatic carbocycles. The summed E-state index contributed by atoms with van der Waals surface area (Å²) in [5, 5.41) is 0. The van der Waals surface area contributed by atoms with Gasteiger partial charge in [-0.25, -0.2) is 27.5 Å². The second-order valence-electron chi connectivity index (χ2n) is 6.42. The third-order valence-corrected chi connectivity index (χ3v) is 4.45. The zero-order valence-corrected chi connectivity index (χ0v) is 14.7. The van der Waals surface area contributed by atoms with Crippen molar-refractivity contribution < 1.29 is 27.1 Å². The number of alkyl halides is 3. The lowest BCUT2D eigenvalue weighted by Gasteiger charge is -2.33. The van der Waals surface area contributed by atoms with E-state index in [0.717, 1.165) is 18.5 Å². The van der Waals surface area contributed by atoms with Gasteiger partial charge in [0, 0.05) is 12.0 Å². The fourth-order valence-electron chi connectivity index (χ4n) is 2.82. The Bertz CT molecular complexity index is 920. The lowest BCUT2D eigenvalue weighted by molar-refractivity contribution is 0.0921. The number of nitrogens with two attached hydrogens (primary N) is 1. The van der Waals surface area contributed by atoms with Gasteiger partial charge in [0.2, 0.25) is 0 Å². The van der Waals surface area contributed by atoms with E-state index in [1.807, 2.05) is 0 Å². The van der Waals surface area contributed by atoms with Gasteiger partial charge in [0.25, 0.3) is 12.4 Å². The maximum absolute atomic E-state index is 14.4. The Morgan fingerprint density at radius 3 is 2.75 bits per heavy atom. The standard InChI is InChI=1S/C18H16F4N4O2/c1-18(15(20)8-28-17(23)26-18)10-4-9(2-3-11(10)19)5-14(27)12-6-25-13(7-24-12)16(21)22/h2-4,6-7,15-16H,5,8H2,1H3,(H2,23,26)/t15-,18+/m0/s1. The topological polar surface area (TPSA) is 90.5 Å². The van der Waals surface area contributed by atoms with E-state index in [0.29, 0.717) is 5.56 Å². The molecule has 3 rings (SSSR count). The molecule has 10 heteroatoms. The molecular weight excluding hydrogens is 380 g/mol. The van der Waals surface area contributed by atoms with Crippen LogP contribution in [0.25, 0.3) is 0 Å². The van der Waals surface area contributed by atoms with Gasteiger partial charge in [0.15, 0.2) is 12.0 Å². The van der Waals surface area contributed by atoms with Crippen LogP contribution in [0.1, 0.15) is 40.7 Å². The number of ketones is 1. The van der Waals surface area contributed by atoms with Crippen LogP contribution < -0.4 is 5.73 Å². The fourth-order valence-corrected chi connectivity index (χ4v) is 2.82. The summed E-state index contributed by atoms with van der Waals surface area (Å²) >= 11 is 0. The summed E-state index contributed by atoms with van der Waals surface area (Å²) in [6, 6.07) is 3.53. The molecule has 1 aromatic heterocycles. The van der Waals surface area contributed by atoms with Crippen molar-refractivity contribution in [2.24, 2.45) is 10.7 Å². The van der Waals surface area contributed by atoms with Crippen LogP contribution in [0.5, 0.6) is 0 Å². The molecule has 148 valence electrons. The molecule has 28 heavy (non-hydrogen) atoms. The quantitative estimate of drug-likeness (QED) is 0.620. The third kappa shape index (κ3) is 3.80. The number of ether oxygens (including phenoxy) is 1. The van der Waals surface area contributed by atoms with Crippen LogP contribution in [0.2, 0.25) is 0 Å². The van der Waals surface area contributed by atoms with Gasteiger partial charge in [-0.05, 0) is 24.6 Å². The molecule has 2 heterocycles. The fraction of sp³-hybridized carbons (Fsp3) is 0.333. The summed E-state index contributed by atoms with van der Waals surface area (Å²) in [5.74, 6) is -1.22. The number of rotatable bonds is 5. The first-order valence-electron chi connectivity index (χ1n) is 8.25. The number of aliphatic imine (C=N–C) groups is 1. The Morgan fingerprint density at radius 1 is 1.36 bits per heavy atom. The van der Waals surface area contributed by atoms with Crippen LogP contribution in [0.3, 0.4) is 0 Å². The number of carbonyl (C=O) groups excluding carboxylic acids is 1. The highest BCUT2D eigenvalue weighted by Crippen LogP contribution is 2.36. The molecule has 0 unspecified atom stereocenters. The first-order valence-corrected chi connectivity index (χ1v) is 8.25. The molecule has 1 aliphatic heterocycles. The number of amidine groups is 1. The zero-order chi connectivity index (χ0) is 20.5. The van der Waals surface area contributed by atoms with E-state index in [1.54, 1.807) is 0 Å². The third-order valence-electron chi connectivity index (χ3n) is 4.45. The van der Waals surface area contributed by atoms with Crippen LogP contribution in [-0.4, -0.2) is 34.6 Å². The largest absolute Gasteiger partial charge is 0.462 e. The molecular formula is C18H16F4N4O2. The van der Waals surface area contributed by atoms with Gasteiger partial charge in [-0.1, -0.05) is 6.07 Å². The van der Waals surface area contributed by atoms with Gasteiger partial charge >= 0.3 is 0 Å². The molecule has 0 spiro atoms. The number of benzene rings is 1. The number of hydrogen-bond donors (Lipinski definition) is 1. The highest BCUT2D eigenvalue weighted by atomic mass is 19.3. The van der Waals surface area contributed by atoms with Crippen molar-refractivity contribution in [1.29, 1.82) is 0 Å². The van der Waals surface area contributed by atoms with Crippen molar-refractivity contribution >= 4 is 11.8 Å². The van der Waals surface area contributed by atoms with Crippen LogP contribution >= 0.6 is 0 Å². The van der Waals surface area contributed by atoms with Crippen molar-refractivity contribution in [3.05, 3.63) is 58.9 Å². The molecule has 2 aromatic rings. The van der Waals surface area contributed by atoms with Crippen LogP contribution in [-0.2, 0) is 16.7 Å². The summed E-state index contributed by atoms with van der Waals surface area (Å²) in [6.07, 6.45) is -2.87. The Kier molecular flexibility index (Phi) is 5.30. The molecule has 0 bridgehead atoms. The van der Waals surface area contributed by atoms with E-state index in [4.69, 9.17) is 10.5 Å². The Balaban J connectivity index is 1.87. The van der Waals surface area contributed by atoms with E-state index >= 15 is 0 Å². The number of carbonyl (C=O) groups is 1. The molecule has 2 atom stereocenters. The van der Waals surface area contributed by atoms with Gasteiger partial charge < -0.3 is 10.5 Å². The molecule has 0 fully saturated rings. The van der Waals surface area contributed by atoms with Crippen molar-refractivity contribution in [3.8, 4) is 0 Å². The van der Waals surface area contributed by atoms with E-state index in [9.17, 15) is 22.4 Å². The maximum Gasteiger partial charge on any atom is 0.283 e. The number of Topliss-reactive ketones (excluding diaryl/α,β-unsaturated/α-hetero) is 1. The van der Waals surface area contributed by atoms with Gasteiger partial charge in [-0.2, -0.15) is 0 Å². The first-order chi connectivity index (χ1) is 13.2. The molecule has 6 nitrogen and oxygen atoms in total. The van der Waals surface area contributed by atoms with Crippen LogP contribution in [0.15, 0.2) is 35.6 Å². The van der Waals surface area contributed by atoms with Crippen molar-refractivity contribution in [1.82, 2.24) is 9.97 Å². The summed E-state index contributed by atoms with van der Waals surface area (Å²) in [7, 11) is 0. The van der Waals surface area contributed by atoms with E-state index in [1.165, 1.54) is 19.1 Å². The normalized spacial score (nSPS) is 21.9. The number of aromatic nitrogens is 2. The van der Waals surface area contributed by atoms with Crippen molar-refractivity contribution in [3.63, 3.8) is 0 Å². The lowest BCUT2D eigenvalue weighted by Crippen LogP contribution is -2.43. The predicted octanol–water partition coefficient (Wildman–Crippen LogP) is 2.88. The average Bonchev–Trinajstić information content (AvgIpc) is 2.66. The number of halogens is 4. The zero-order valence-electron chi connectivity index (χ0n) is 14.7. The molecule has 0 radical (unpaired) electrons. The van der Waals surface area contributed by atoms with E-state index in [-0.39, 0.29) is 30.3 Å². The summed E-state index contributed by atoms with van der Waals surface area (Å²) in [6.45, 7) is 1.01. The molecule has 0 saturated carbocycles. The summed E-state index contributed by atoms with van der Waals surface area (Å²) < 4.78 is 58.7. The second kappa shape index (κ2) is 7.53. The smallest absolute Gasteiger partial charge is 0.283 e. The molecule has 2 N–H and O–H groups in total. The van der Waals surface area contributed by atoms with Crippen LogP contribution in [0, 0.1) is 5.82 Å². The minimum atomic E-state index is -2.79. The first kappa shape index (κ1) is 19.7. The molecule has 0 amide bonds. The Morgan fingerprint density at radius 2 is 2.11 bits per heavy atom. The highest BCUT2D eigenvalue weighted by Gasteiger charge is 2.42.